The Labute approximate surface area is 130 Å². The third-order valence-electron chi connectivity index (χ3n) is 2.56. The van der Waals surface area contributed by atoms with Crippen LogP contribution in [0.3, 0.4) is 0 Å². The maximum absolute atomic E-state index is 11.9. The summed E-state index contributed by atoms with van der Waals surface area (Å²) in [6.07, 6.45) is 0. The molecule has 0 N–H and O–H groups in total. The minimum atomic E-state index is -0.679. The number of halogens is 2. The molecule has 5 nitrogen and oxygen atoms in total. The predicted molar refractivity (Wildman–Crippen MR) is 75.6 cm³/mol. The van der Waals surface area contributed by atoms with Crippen LogP contribution in [0.4, 0.5) is 0 Å². The van der Waals surface area contributed by atoms with Crippen molar-refractivity contribution in [2.24, 2.45) is 0 Å². The van der Waals surface area contributed by atoms with Crippen molar-refractivity contribution in [3.8, 4) is 0 Å². The van der Waals surface area contributed by atoms with Gasteiger partial charge in [-0.15, -0.1) is 0 Å². The Morgan fingerprint density at radius 1 is 1.10 bits per heavy atom. The van der Waals surface area contributed by atoms with Crippen LogP contribution in [0.15, 0.2) is 34.7 Å². The molecule has 0 spiro atoms. The fourth-order valence-corrected chi connectivity index (χ4v) is 2.12. The molecule has 1 aromatic heterocycles. The molecule has 0 unspecified atom stereocenters. The summed E-state index contributed by atoms with van der Waals surface area (Å²) >= 11 is 11.8. The van der Waals surface area contributed by atoms with Crippen molar-refractivity contribution in [1.82, 2.24) is 0 Å². The number of esters is 2. The maximum atomic E-state index is 11.9. The molecule has 7 heteroatoms. The number of ether oxygens (including phenoxy) is 2. The van der Waals surface area contributed by atoms with Gasteiger partial charge in [0.25, 0.3) is 0 Å². The van der Waals surface area contributed by atoms with E-state index < -0.39 is 11.9 Å². The lowest BCUT2D eigenvalue weighted by molar-refractivity contribution is 0.0439. The summed E-state index contributed by atoms with van der Waals surface area (Å²) in [7, 11) is 1.24. The first-order chi connectivity index (χ1) is 10.0. The first-order valence-corrected chi connectivity index (χ1v) is 6.56. The summed E-state index contributed by atoms with van der Waals surface area (Å²) in [5.74, 6) is -0.963. The molecule has 110 valence electrons. The predicted octanol–water partition coefficient (Wildman–Crippen LogP) is 3.73. The molecule has 0 amide bonds. The highest BCUT2D eigenvalue weighted by Crippen LogP contribution is 2.25. The smallest absolute Gasteiger partial charge is 0.373 e. The zero-order valence-electron chi connectivity index (χ0n) is 10.9. The normalized spacial score (nSPS) is 10.2. The van der Waals surface area contributed by atoms with E-state index in [-0.39, 0.29) is 28.0 Å². The van der Waals surface area contributed by atoms with Gasteiger partial charge >= 0.3 is 11.9 Å². The van der Waals surface area contributed by atoms with E-state index in [1.807, 2.05) is 0 Å². The second-order valence-electron chi connectivity index (χ2n) is 3.93. The van der Waals surface area contributed by atoms with E-state index >= 15 is 0 Å². The Hall–Kier alpha value is -1.98. The van der Waals surface area contributed by atoms with Gasteiger partial charge in [0.15, 0.2) is 0 Å². The molecule has 0 saturated carbocycles. The van der Waals surface area contributed by atoms with E-state index in [1.165, 1.54) is 31.4 Å². The van der Waals surface area contributed by atoms with Gasteiger partial charge in [0.1, 0.15) is 12.4 Å². The lowest BCUT2D eigenvalue weighted by atomic mass is 10.2. The quantitative estimate of drug-likeness (QED) is 0.800. The molecule has 1 aromatic carbocycles. The Morgan fingerprint density at radius 3 is 2.38 bits per heavy atom. The van der Waals surface area contributed by atoms with Gasteiger partial charge in [-0.25, -0.2) is 9.59 Å². The van der Waals surface area contributed by atoms with Crippen molar-refractivity contribution in [1.29, 1.82) is 0 Å². The van der Waals surface area contributed by atoms with Crippen molar-refractivity contribution in [3.05, 3.63) is 57.5 Å². The van der Waals surface area contributed by atoms with Gasteiger partial charge in [-0.05, 0) is 24.3 Å². The second-order valence-corrected chi connectivity index (χ2v) is 4.74. The van der Waals surface area contributed by atoms with E-state index in [4.69, 9.17) is 32.4 Å². The van der Waals surface area contributed by atoms with Crippen LogP contribution in [0, 0.1) is 0 Å². The lowest BCUT2D eigenvalue weighted by Gasteiger charge is -2.06. The number of methoxy groups -OCH3 is 1. The SMILES string of the molecule is COC(=O)c1ccc(COC(=O)c2c(Cl)cccc2Cl)o1. The van der Waals surface area contributed by atoms with Gasteiger partial charge in [0.2, 0.25) is 5.76 Å². The molecule has 2 rings (SSSR count). The number of benzene rings is 1. The monoisotopic (exact) mass is 328 g/mol. The molecule has 0 radical (unpaired) electrons. The largest absolute Gasteiger partial charge is 0.463 e. The van der Waals surface area contributed by atoms with E-state index in [0.29, 0.717) is 5.76 Å². The number of carbonyl (C=O) groups is 2. The van der Waals surface area contributed by atoms with Crippen LogP contribution in [-0.4, -0.2) is 19.0 Å². The molecule has 0 fully saturated rings. The van der Waals surface area contributed by atoms with E-state index in [9.17, 15) is 9.59 Å². The average molecular weight is 329 g/mol. The molecule has 0 aliphatic heterocycles. The van der Waals surface area contributed by atoms with E-state index in [2.05, 4.69) is 4.74 Å². The molecule has 0 aliphatic rings. The number of carbonyl (C=O) groups excluding carboxylic acids is 2. The molecular formula is C14H10Cl2O5. The summed E-state index contributed by atoms with van der Waals surface area (Å²) in [5, 5.41) is 0.393. The van der Waals surface area contributed by atoms with E-state index in [1.54, 1.807) is 6.07 Å². The van der Waals surface area contributed by atoms with Crippen molar-refractivity contribution in [2.75, 3.05) is 7.11 Å². The Morgan fingerprint density at radius 2 is 1.76 bits per heavy atom. The minimum absolute atomic E-state index is 0.0272. The van der Waals surface area contributed by atoms with Gasteiger partial charge < -0.3 is 13.9 Å². The van der Waals surface area contributed by atoms with Gasteiger partial charge in [-0.1, -0.05) is 29.3 Å². The highest BCUT2D eigenvalue weighted by atomic mass is 35.5. The number of hydrogen-bond acceptors (Lipinski definition) is 5. The van der Waals surface area contributed by atoms with Gasteiger partial charge in [-0.3, -0.25) is 0 Å². The molecule has 0 bridgehead atoms. The molecule has 0 saturated heterocycles. The number of furan rings is 1. The van der Waals surface area contributed by atoms with Crippen molar-refractivity contribution >= 4 is 35.1 Å². The third kappa shape index (κ3) is 3.56. The molecule has 21 heavy (non-hydrogen) atoms. The second kappa shape index (κ2) is 6.65. The zero-order valence-corrected chi connectivity index (χ0v) is 12.4. The highest BCUT2D eigenvalue weighted by Gasteiger charge is 2.17. The van der Waals surface area contributed by atoms with Crippen molar-refractivity contribution < 1.29 is 23.5 Å². The molecule has 1 heterocycles. The van der Waals surface area contributed by atoms with Gasteiger partial charge in [0.05, 0.1) is 22.7 Å². The van der Waals surface area contributed by atoms with Gasteiger partial charge in [-0.2, -0.15) is 0 Å². The molecule has 2 aromatic rings. The first-order valence-electron chi connectivity index (χ1n) is 5.81. The topological polar surface area (TPSA) is 65.7 Å². The van der Waals surface area contributed by atoms with Crippen LogP contribution in [0.1, 0.15) is 26.7 Å². The number of rotatable bonds is 4. The van der Waals surface area contributed by atoms with Crippen LogP contribution in [0.5, 0.6) is 0 Å². The highest BCUT2D eigenvalue weighted by molar-refractivity contribution is 6.39. The standard InChI is InChI=1S/C14H10Cl2O5/c1-19-13(17)11-6-5-8(21-11)7-20-14(18)12-9(15)3-2-4-10(12)16/h2-6H,7H2,1H3. The fourth-order valence-electron chi connectivity index (χ4n) is 1.57. The number of hydrogen-bond donors (Lipinski definition) is 0. The van der Waals surface area contributed by atoms with Crippen LogP contribution in [0.2, 0.25) is 10.0 Å². The summed E-state index contributed by atoms with van der Waals surface area (Å²) in [6.45, 7) is -0.155. The fraction of sp³-hybridized carbons (Fsp3) is 0.143. The van der Waals surface area contributed by atoms with Crippen LogP contribution in [-0.2, 0) is 16.1 Å². The van der Waals surface area contributed by atoms with E-state index in [0.717, 1.165) is 0 Å². The Balaban J connectivity index is 2.04. The molecule has 0 atom stereocenters. The van der Waals surface area contributed by atoms with Crippen LogP contribution in [0.25, 0.3) is 0 Å². The molecule has 0 aliphatic carbocycles. The summed E-state index contributed by atoms with van der Waals surface area (Å²) < 4.78 is 14.7. The van der Waals surface area contributed by atoms with Crippen molar-refractivity contribution in [2.45, 2.75) is 6.61 Å². The summed E-state index contributed by atoms with van der Waals surface area (Å²) in [5.41, 5.74) is 0.0839. The average Bonchev–Trinajstić information content (AvgIpc) is 2.93. The third-order valence-corrected chi connectivity index (χ3v) is 3.19. The zero-order chi connectivity index (χ0) is 15.4. The Bertz CT molecular complexity index is 658. The van der Waals surface area contributed by atoms with Crippen LogP contribution >= 0.6 is 23.2 Å². The first kappa shape index (κ1) is 15.4. The van der Waals surface area contributed by atoms with Crippen molar-refractivity contribution in [3.63, 3.8) is 0 Å². The van der Waals surface area contributed by atoms with Gasteiger partial charge in [0, 0.05) is 0 Å². The minimum Gasteiger partial charge on any atom is -0.463 e. The Kier molecular flexibility index (Phi) is 4.88. The summed E-state index contributed by atoms with van der Waals surface area (Å²) in [4.78, 5) is 23.1. The molecular weight excluding hydrogens is 319 g/mol. The van der Waals surface area contributed by atoms with Crippen LogP contribution < -0.4 is 0 Å². The summed E-state index contributed by atoms with van der Waals surface area (Å²) in [6, 6.07) is 7.63. The lowest BCUT2D eigenvalue weighted by Crippen LogP contribution is -2.06. The maximum Gasteiger partial charge on any atom is 0.373 e.